The highest BCUT2D eigenvalue weighted by Crippen LogP contribution is 2.42. The van der Waals surface area contributed by atoms with Crippen molar-refractivity contribution in [2.45, 2.75) is 0 Å². The Morgan fingerprint density at radius 2 is 1.14 bits per heavy atom. The van der Waals surface area contributed by atoms with Crippen LogP contribution < -0.4 is 0 Å². The zero-order chi connectivity index (χ0) is 33.0. The summed E-state index contributed by atoms with van der Waals surface area (Å²) in [6.07, 6.45) is 1.80. The number of aromatic nitrogens is 4. The van der Waals surface area contributed by atoms with E-state index >= 15 is 0 Å². The Labute approximate surface area is 291 Å². The number of pyridine rings is 1. The Hall–Kier alpha value is -6.50. The Morgan fingerprint density at radius 1 is 0.440 bits per heavy atom. The lowest BCUT2D eigenvalue weighted by molar-refractivity contribution is 0.669. The molecule has 0 radical (unpaired) electrons. The fourth-order valence-electron chi connectivity index (χ4n) is 6.85. The molecule has 10 aromatic rings. The van der Waals surface area contributed by atoms with Gasteiger partial charge in [-0.05, 0) is 53.6 Å². The molecule has 0 aliphatic rings. The highest BCUT2D eigenvalue weighted by atomic mass is 32.1. The fourth-order valence-corrected chi connectivity index (χ4v) is 8.00. The van der Waals surface area contributed by atoms with Gasteiger partial charge in [0.2, 0.25) is 0 Å². The lowest BCUT2D eigenvalue weighted by atomic mass is 9.98. The molecule has 234 valence electrons. The van der Waals surface area contributed by atoms with E-state index in [1.807, 2.05) is 84.1 Å². The van der Waals surface area contributed by atoms with E-state index in [1.165, 1.54) is 20.2 Å². The molecular weight excluding hydrogens is 633 g/mol. The van der Waals surface area contributed by atoms with E-state index in [2.05, 4.69) is 83.8 Å². The lowest BCUT2D eigenvalue weighted by Crippen LogP contribution is -2.00. The van der Waals surface area contributed by atoms with Crippen LogP contribution in [-0.4, -0.2) is 19.9 Å². The molecule has 0 saturated carbocycles. The molecule has 0 N–H and O–H groups in total. The van der Waals surface area contributed by atoms with E-state index in [0.29, 0.717) is 17.5 Å². The number of furan rings is 1. The number of fused-ring (bicyclic) bond motifs is 6. The molecule has 0 aliphatic heterocycles. The third kappa shape index (κ3) is 4.77. The van der Waals surface area contributed by atoms with Crippen molar-refractivity contribution < 1.29 is 4.42 Å². The zero-order valence-electron chi connectivity index (χ0n) is 26.6. The SMILES string of the molecule is c1ccc(-c2nc(-c3cccc(-c4ccccn4)c3)nc(-c3cccc4c3oc3cccc(-c5ccc6c(c5)sc5ccccc56)c34)n2)cc1. The van der Waals surface area contributed by atoms with Gasteiger partial charge in [-0.25, -0.2) is 15.0 Å². The van der Waals surface area contributed by atoms with Crippen LogP contribution >= 0.6 is 11.3 Å². The van der Waals surface area contributed by atoms with Crippen molar-refractivity contribution >= 4 is 53.4 Å². The van der Waals surface area contributed by atoms with Gasteiger partial charge in [0, 0.05) is 53.8 Å². The van der Waals surface area contributed by atoms with E-state index in [0.717, 1.165) is 61.0 Å². The molecule has 6 aromatic carbocycles. The molecule has 50 heavy (non-hydrogen) atoms. The molecule has 10 rings (SSSR count). The lowest BCUT2D eigenvalue weighted by Gasteiger charge is -2.10. The largest absolute Gasteiger partial charge is 0.455 e. The van der Waals surface area contributed by atoms with Gasteiger partial charge in [-0.15, -0.1) is 11.3 Å². The van der Waals surface area contributed by atoms with Crippen LogP contribution in [0, 0.1) is 0 Å². The van der Waals surface area contributed by atoms with Crippen molar-refractivity contribution in [3.8, 4) is 56.5 Å². The van der Waals surface area contributed by atoms with Gasteiger partial charge in [0.25, 0.3) is 0 Å². The number of hydrogen-bond acceptors (Lipinski definition) is 6. The highest BCUT2D eigenvalue weighted by Gasteiger charge is 2.20. The monoisotopic (exact) mass is 658 g/mol. The summed E-state index contributed by atoms with van der Waals surface area (Å²) < 4.78 is 9.27. The number of para-hydroxylation sites is 1. The first-order chi connectivity index (χ1) is 24.8. The molecule has 0 bridgehead atoms. The van der Waals surface area contributed by atoms with Crippen molar-refractivity contribution in [1.29, 1.82) is 0 Å². The molecule has 0 saturated heterocycles. The van der Waals surface area contributed by atoms with Crippen LogP contribution in [0.25, 0.3) is 98.7 Å². The first kappa shape index (κ1) is 28.5. The Bertz CT molecular complexity index is 2880. The normalized spacial score (nSPS) is 11.6. The predicted octanol–water partition coefficient (Wildman–Crippen LogP) is 11.9. The van der Waals surface area contributed by atoms with E-state index in [1.54, 1.807) is 6.20 Å². The summed E-state index contributed by atoms with van der Waals surface area (Å²) in [6, 6.07) is 52.0. The summed E-state index contributed by atoms with van der Waals surface area (Å²) in [6.45, 7) is 0. The molecule has 0 fully saturated rings. The summed E-state index contributed by atoms with van der Waals surface area (Å²) in [5.74, 6) is 1.73. The summed E-state index contributed by atoms with van der Waals surface area (Å²) in [4.78, 5) is 19.7. The number of rotatable bonds is 5. The Kier molecular flexibility index (Phi) is 6.60. The summed E-state index contributed by atoms with van der Waals surface area (Å²) in [5, 5.41) is 4.67. The van der Waals surface area contributed by atoms with Crippen LogP contribution in [0.3, 0.4) is 0 Å². The second kappa shape index (κ2) is 11.6. The molecule has 0 aliphatic carbocycles. The number of benzene rings is 6. The van der Waals surface area contributed by atoms with Gasteiger partial charge in [-0.3, -0.25) is 4.98 Å². The van der Waals surface area contributed by atoms with Crippen molar-refractivity contribution in [2.24, 2.45) is 0 Å². The van der Waals surface area contributed by atoms with E-state index in [-0.39, 0.29) is 0 Å². The Balaban J connectivity index is 1.16. The highest BCUT2D eigenvalue weighted by molar-refractivity contribution is 7.25. The van der Waals surface area contributed by atoms with Gasteiger partial charge in [0.1, 0.15) is 11.2 Å². The van der Waals surface area contributed by atoms with Crippen LogP contribution in [0.1, 0.15) is 0 Å². The van der Waals surface area contributed by atoms with Crippen LogP contribution in [0.5, 0.6) is 0 Å². The molecule has 5 nitrogen and oxygen atoms in total. The van der Waals surface area contributed by atoms with E-state index in [4.69, 9.17) is 19.4 Å². The maximum Gasteiger partial charge on any atom is 0.167 e. The second-order valence-electron chi connectivity index (χ2n) is 12.2. The third-order valence-corrected chi connectivity index (χ3v) is 10.3. The zero-order valence-corrected chi connectivity index (χ0v) is 27.4. The first-order valence-electron chi connectivity index (χ1n) is 16.5. The van der Waals surface area contributed by atoms with Crippen LogP contribution in [-0.2, 0) is 0 Å². The molecule has 6 heteroatoms. The van der Waals surface area contributed by atoms with Crippen LogP contribution in [0.4, 0.5) is 0 Å². The minimum Gasteiger partial charge on any atom is -0.455 e. The maximum absolute atomic E-state index is 6.70. The quantitative estimate of drug-likeness (QED) is 0.184. The van der Waals surface area contributed by atoms with Gasteiger partial charge < -0.3 is 4.42 Å². The average Bonchev–Trinajstić information content (AvgIpc) is 3.77. The van der Waals surface area contributed by atoms with Gasteiger partial charge in [0.05, 0.1) is 11.3 Å². The minimum atomic E-state index is 0.551. The predicted molar refractivity (Wildman–Crippen MR) is 205 cm³/mol. The smallest absolute Gasteiger partial charge is 0.167 e. The summed E-state index contributed by atoms with van der Waals surface area (Å²) >= 11 is 1.83. The third-order valence-electron chi connectivity index (χ3n) is 9.20. The minimum absolute atomic E-state index is 0.551. The van der Waals surface area contributed by atoms with Gasteiger partial charge in [-0.2, -0.15) is 0 Å². The van der Waals surface area contributed by atoms with Crippen molar-refractivity contribution in [3.05, 3.63) is 158 Å². The fraction of sp³-hybridized carbons (Fsp3) is 0. The molecule has 0 unspecified atom stereocenters. The molecular formula is C44H26N4OS. The summed E-state index contributed by atoms with van der Waals surface area (Å²) in [5.41, 5.74) is 8.34. The van der Waals surface area contributed by atoms with Crippen LogP contribution in [0.15, 0.2) is 162 Å². The second-order valence-corrected chi connectivity index (χ2v) is 13.3. The molecule has 4 heterocycles. The summed E-state index contributed by atoms with van der Waals surface area (Å²) in [7, 11) is 0. The molecule has 0 atom stereocenters. The van der Waals surface area contributed by atoms with Crippen molar-refractivity contribution in [2.75, 3.05) is 0 Å². The van der Waals surface area contributed by atoms with Gasteiger partial charge >= 0.3 is 0 Å². The Morgan fingerprint density at radius 3 is 2.04 bits per heavy atom. The number of thiophene rings is 1. The topological polar surface area (TPSA) is 64.7 Å². The van der Waals surface area contributed by atoms with Crippen molar-refractivity contribution in [3.63, 3.8) is 0 Å². The maximum atomic E-state index is 6.70. The van der Waals surface area contributed by atoms with Gasteiger partial charge in [0.15, 0.2) is 17.5 Å². The van der Waals surface area contributed by atoms with E-state index in [9.17, 15) is 0 Å². The molecule has 0 amide bonds. The van der Waals surface area contributed by atoms with Crippen LogP contribution in [0.2, 0.25) is 0 Å². The molecule has 0 spiro atoms. The molecule has 4 aromatic heterocycles. The number of nitrogens with zero attached hydrogens (tertiary/aromatic N) is 4. The van der Waals surface area contributed by atoms with Gasteiger partial charge in [-0.1, -0.05) is 109 Å². The average molecular weight is 659 g/mol. The standard InChI is InChI=1S/C44H26N4OS/c1-2-11-27(12-3-1)42-46-43(30-14-8-13-29(25-30)36-19-6-7-24-45-36)48-44(47-42)35-18-9-17-34-40-31(16-10-20-37(40)49-41(34)35)28-22-23-33-32-15-4-5-21-38(32)50-39(33)26-28/h1-26H. The first-order valence-corrected chi connectivity index (χ1v) is 17.3. The van der Waals surface area contributed by atoms with Crippen molar-refractivity contribution in [1.82, 2.24) is 19.9 Å². The van der Waals surface area contributed by atoms with E-state index < -0.39 is 0 Å². The number of hydrogen-bond donors (Lipinski definition) is 0.